The van der Waals surface area contributed by atoms with Crippen molar-refractivity contribution in [2.75, 3.05) is 16.8 Å². The summed E-state index contributed by atoms with van der Waals surface area (Å²) in [5.74, 6) is 0.194. The van der Waals surface area contributed by atoms with Crippen LogP contribution in [0.1, 0.15) is 18.9 Å². The van der Waals surface area contributed by atoms with Crippen LogP contribution in [0.15, 0.2) is 24.3 Å². The molecule has 6 heteroatoms. The van der Waals surface area contributed by atoms with Crippen molar-refractivity contribution in [2.24, 2.45) is 0 Å². The van der Waals surface area contributed by atoms with Crippen molar-refractivity contribution in [2.45, 2.75) is 25.8 Å². The Balaban J connectivity index is 1.95. The van der Waals surface area contributed by atoms with Gasteiger partial charge in [-0.25, -0.2) is 13.2 Å². The van der Waals surface area contributed by atoms with Crippen LogP contribution >= 0.6 is 0 Å². The van der Waals surface area contributed by atoms with Gasteiger partial charge in [-0.1, -0.05) is 25.1 Å². The van der Waals surface area contributed by atoms with Crippen molar-refractivity contribution in [1.29, 1.82) is 0 Å². The first-order chi connectivity index (χ1) is 9.00. The van der Waals surface area contributed by atoms with Crippen molar-refractivity contribution in [3.8, 4) is 0 Å². The minimum Gasteiger partial charge on any atom is -0.334 e. The first kappa shape index (κ1) is 13.9. The van der Waals surface area contributed by atoms with E-state index >= 15 is 0 Å². The largest absolute Gasteiger partial charge is 0.334 e. The van der Waals surface area contributed by atoms with Gasteiger partial charge in [0.25, 0.3) is 0 Å². The summed E-state index contributed by atoms with van der Waals surface area (Å²) in [6, 6.07) is 6.95. The van der Waals surface area contributed by atoms with Crippen LogP contribution in [0.5, 0.6) is 0 Å². The highest BCUT2D eigenvalue weighted by Gasteiger charge is 2.28. The minimum absolute atomic E-state index is 0.0375. The number of carbonyl (C=O) groups is 1. The van der Waals surface area contributed by atoms with Crippen LogP contribution in [0.3, 0.4) is 0 Å². The number of aryl methyl sites for hydroxylation is 1. The third-order valence-corrected chi connectivity index (χ3v) is 4.98. The zero-order valence-electron chi connectivity index (χ0n) is 10.8. The molecule has 0 aromatic heterocycles. The lowest BCUT2D eigenvalue weighted by atomic mass is 10.1. The van der Waals surface area contributed by atoms with E-state index in [9.17, 15) is 13.2 Å². The highest BCUT2D eigenvalue weighted by Crippen LogP contribution is 2.16. The Kier molecular flexibility index (Phi) is 4.09. The van der Waals surface area contributed by atoms with Crippen molar-refractivity contribution < 1.29 is 13.2 Å². The Morgan fingerprint density at radius 3 is 2.74 bits per heavy atom. The molecule has 1 fully saturated rings. The summed E-state index contributed by atoms with van der Waals surface area (Å²) in [7, 11) is -2.97. The molecule has 19 heavy (non-hydrogen) atoms. The molecule has 1 heterocycles. The average Bonchev–Trinajstić information content (AvgIpc) is 2.69. The van der Waals surface area contributed by atoms with E-state index in [0.717, 1.165) is 17.7 Å². The fraction of sp³-hybridized carbons (Fsp3) is 0.462. The summed E-state index contributed by atoms with van der Waals surface area (Å²) in [5, 5.41) is 5.48. The van der Waals surface area contributed by atoms with Gasteiger partial charge in [-0.15, -0.1) is 0 Å². The molecule has 0 spiro atoms. The number of anilines is 1. The van der Waals surface area contributed by atoms with E-state index in [1.165, 1.54) is 0 Å². The van der Waals surface area contributed by atoms with E-state index in [1.54, 1.807) is 0 Å². The summed E-state index contributed by atoms with van der Waals surface area (Å²) >= 11 is 0. The van der Waals surface area contributed by atoms with Crippen LogP contribution in [0.2, 0.25) is 0 Å². The second-order valence-corrected chi connectivity index (χ2v) is 6.94. The summed E-state index contributed by atoms with van der Waals surface area (Å²) in [4.78, 5) is 11.8. The molecule has 1 aliphatic rings. The van der Waals surface area contributed by atoms with E-state index in [4.69, 9.17) is 0 Å². The van der Waals surface area contributed by atoms with Gasteiger partial charge in [0.2, 0.25) is 0 Å². The first-order valence-corrected chi connectivity index (χ1v) is 8.18. The van der Waals surface area contributed by atoms with Gasteiger partial charge in [-0.2, -0.15) is 0 Å². The molecule has 104 valence electrons. The first-order valence-electron chi connectivity index (χ1n) is 6.36. The molecule has 2 rings (SSSR count). The fourth-order valence-electron chi connectivity index (χ4n) is 2.20. The number of carbonyl (C=O) groups excluding carboxylic acids is 1. The fourth-order valence-corrected chi connectivity index (χ4v) is 3.88. The van der Waals surface area contributed by atoms with E-state index in [1.807, 2.05) is 31.2 Å². The molecule has 2 N–H and O–H groups in total. The number of amides is 2. The predicted octanol–water partition coefficient (Wildman–Crippen LogP) is 1.56. The molecule has 2 amide bonds. The monoisotopic (exact) mass is 282 g/mol. The second kappa shape index (κ2) is 5.61. The normalized spacial score (nSPS) is 21.0. The summed E-state index contributed by atoms with van der Waals surface area (Å²) in [6.45, 7) is 2.02. The third kappa shape index (κ3) is 3.70. The standard InChI is InChI=1S/C13H18N2O3S/c1-2-10-5-3-4-6-12(10)15-13(16)14-11-7-8-19(17,18)9-11/h3-6,11H,2,7-9H2,1H3,(H2,14,15,16). The Bertz CT molecular complexity index is 569. The van der Waals surface area contributed by atoms with Gasteiger partial charge in [0.05, 0.1) is 11.5 Å². The lowest BCUT2D eigenvalue weighted by Crippen LogP contribution is -2.38. The van der Waals surface area contributed by atoms with Crippen LogP contribution in [0, 0.1) is 0 Å². The second-order valence-electron chi connectivity index (χ2n) is 4.71. The highest BCUT2D eigenvalue weighted by atomic mass is 32.2. The SMILES string of the molecule is CCc1ccccc1NC(=O)NC1CCS(=O)(=O)C1. The van der Waals surface area contributed by atoms with Crippen LogP contribution in [-0.4, -0.2) is 32.0 Å². The maximum atomic E-state index is 11.8. The molecule has 5 nitrogen and oxygen atoms in total. The van der Waals surface area contributed by atoms with Crippen LogP contribution < -0.4 is 10.6 Å². The number of hydrogen-bond acceptors (Lipinski definition) is 3. The van der Waals surface area contributed by atoms with Gasteiger partial charge in [0.1, 0.15) is 0 Å². The smallest absolute Gasteiger partial charge is 0.319 e. The van der Waals surface area contributed by atoms with Gasteiger partial charge < -0.3 is 10.6 Å². The number of nitrogens with one attached hydrogen (secondary N) is 2. The van der Waals surface area contributed by atoms with Gasteiger partial charge in [0.15, 0.2) is 9.84 Å². The lowest BCUT2D eigenvalue weighted by molar-refractivity contribution is 0.249. The quantitative estimate of drug-likeness (QED) is 0.883. The minimum atomic E-state index is -2.97. The zero-order valence-corrected chi connectivity index (χ0v) is 11.7. The topological polar surface area (TPSA) is 75.3 Å². The van der Waals surface area contributed by atoms with E-state index < -0.39 is 9.84 Å². The van der Waals surface area contributed by atoms with Gasteiger partial charge in [0, 0.05) is 11.7 Å². The molecule has 0 radical (unpaired) electrons. The molecule has 1 unspecified atom stereocenters. The van der Waals surface area contributed by atoms with Crippen LogP contribution in [0.4, 0.5) is 10.5 Å². The number of para-hydroxylation sites is 1. The molecule has 1 saturated heterocycles. The molecule has 1 atom stereocenters. The summed E-state index contributed by atoms with van der Waals surface area (Å²) in [6.07, 6.45) is 1.32. The van der Waals surface area contributed by atoms with Crippen molar-refractivity contribution in [3.05, 3.63) is 29.8 Å². The number of sulfone groups is 1. The Hall–Kier alpha value is -1.56. The molecular weight excluding hydrogens is 264 g/mol. The number of hydrogen-bond donors (Lipinski definition) is 2. The third-order valence-electron chi connectivity index (χ3n) is 3.21. The zero-order chi connectivity index (χ0) is 13.9. The lowest BCUT2D eigenvalue weighted by Gasteiger charge is -2.14. The van der Waals surface area contributed by atoms with Crippen molar-refractivity contribution in [1.82, 2.24) is 5.32 Å². The van der Waals surface area contributed by atoms with Gasteiger partial charge in [-0.05, 0) is 24.5 Å². The Labute approximate surface area is 113 Å². The number of rotatable bonds is 3. The molecule has 1 aromatic carbocycles. The van der Waals surface area contributed by atoms with E-state index in [2.05, 4.69) is 10.6 Å². The Morgan fingerprint density at radius 1 is 1.37 bits per heavy atom. The van der Waals surface area contributed by atoms with Crippen LogP contribution in [-0.2, 0) is 16.3 Å². The van der Waals surface area contributed by atoms with Crippen molar-refractivity contribution >= 4 is 21.6 Å². The summed E-state index contributed by atoms with van der Waals surface area (Å²) in [5.41, 5.74) is 1.82. The molecule has 1 aromatic rings. The molecule has 0 saturated carbocycles. The Morgan fingerprint density at radius 2 is 2.11 bits per heavy atom. The van der Waals surface area contributed by atoms with E-state index in [-0.39, 0.29) is 23.6 Å². The maximum Gasteiger partial charge on any atom is 0.319 e. The van der Waals surface area contributed by atoms with E-state index in [0.29, 0.717) is 6.42 Å². The average molecular weight is 282 g/mol. The number of benzene rings is 1. The molecular formula is C13H18N2O3S. The molecule has 0 aliphatic carbocycles. The van der Waals surface area contributed by atoms with Crippen molar-refractivity contribution in [3.63, 3.8) is 0 Å². The summed E-state index contributed by atoms with van der Waals surface area (Å²) < 4.78 is 22.6. The maximum absolute atomic E-state index is 11.8. The number of urea groups is 1. The molecule has 0 bridgehead atoms. The predicted molar refractivity (Wildman–Crippen MR) is 75.0 cm³/mol. The van der Waals surface area contributed by atoms with Gasteiger partial charge in [-0.3, -0.25) is 0 Å². The van der Waals surface area contributed by atoms with Crippen LogP contribution in [0.25, 0.3) is 0 Å². The molecule has 1 aliphatic heterocycles. The van der Waals surface area contributed by atoms with Gasteiger partial charge >= 0.3 is 6.03 Å². The highest BCUT2D eigenvalue weighted by molar-refractivity contribution is 7.91.